The fraction of sp³-hybridized carbons (Fsp3) is 0.0769. The first-order valence-corrected chi connectivity index (χ1v) is 5.25. The Morgan fingerprint density at radius 1 is 0.579 bits per heavy atom. The van der Waals surface area contributed by atoms with Gasteiger partial charge in [-0.15, -0.1) is 0 Å². The Morgan fingerprint density at radius 3 is 1.32 bits per heavy atom. The quantitative estimate of drug-likeness (QED) is 0.428. The first-order chi connectivity index (χ1) is 8.91. The van der Waals surface area contributed by atoms with Crippen LogP contribution in [0, 0.1) is 34.9 Å². The van der Waals surface area contributed by atoms with E-state index in [1.807, 2.05) is 0 Å². The third-order valence-corrected chi connectivity index (χ3v) is 3.12. The molecule has 6 heteroatoms. The van der Waals surface area contributed by atoms with E-state index in [-0.39, 0.29) is 17.5 Å². The van der Waals surface area contributed by atoms with Gasteiger partial charge in [-0.25, -0.2) is 26.3 Å². The lowest BCUT2D eigenvalue weighted by atomic mass is 10.0. The molecular weight excluding hydrogens is 270 g/mol. The van der Waals surface area contributed by atoms with E-state index in [0.29, 0.717) is 12.1 Å². The highest BCUT2D eigenvalue weighted by molar-refractivity contribution is 5.78. The van der Waals surface area contributed by atoms with Crippen LogP contribution in [0.5, 0.6) is 0 Å². The monoisotopic (exact) mass is 274 g/mol. The molecule has 0 nitrogen and oxygen atoms in total. The summed E-state index contributed by atoms with van der Waals surface area (Å²) in [4.78, 5) is 0. The van der Waals surface area contributed by atoms with Crippen LogP contribution in [0.2, 0.25) is 0 Å². The number of fused-ring (bicyclic) bond motifs is 3. The number of hydrogen-bond acceptors (Lipinski definition) is 0. The molecule has 0 radical (unpaired) electrons. The smallest absolute Gasteiger partial charge is 0.195 e. The van der Waals surface area contributed by atoms with Crippen LogP contribution in [0.4, 0.5) is 26.3 Å². The topological polar surface area (TPSA) is 0 Å². The summed E-state index contributed by atoms with van der Waals surface area (Å²) in [7, 11) is 0. The van der Waals surface area contributed by atoms with E-state index in [1.54, 1.807) is 0 Å². The number of benzene rings is 2. The van der Waals surface area contributed by atoms with E-state index >= 15 is 0 Å². The lowest BCUT2D eigenvalue weighted by Gasteiger charge is -2.06. The van der Waals surface area contributed by atoms with Crippen molar-refractivity contribution in [2.24, 2.45) is 0 Å². The molecule has 98 valence electrons. The van der Waals surface area contributed by atoms with Crippen LogP contribution in [0.15, 0.2) is 12.1 Å². The summed E-state index contributed by atoms with van der Waals surface area (Å²) in [5, 5.41) is 0. The Kier molecular flexibility index (Phi) is 2.39. The van der Waals surface area contributed by atoms with E-state index in [4.69, 9.17) is 0 Å². The maximum absolute atomic E-state index is 13.7. The molecule has 0 saturated heterocycles. The molecule has 0 spiro atoms. The summed E-state index contributed by atoms with van der Waals surface area (Å²) >= 11 is 0. The molecule has 0 unspecified atom stereocenters. The van der Waals surface area contributed by atoms with Gasteiger partial charge >= 0.3 is 0 Å². The highest BCUT2D eigenvalue weighted by Gasteiger charge is 2.32. The van der Waals surface area contributed by atoms with Gasteiger partial charge in [0.1, 0.15) is 0 Å². The van der Waals surface area contributed by atoms with Crippen LogP contribution >= 0.6 is 0 Å². The summed E-state index contributed by atoms with van der Waals surface area (Å²) in [6.45, 7) is 0. The molecule has 0 N–H and O–H groups in total. The van der Waals surface area contributed by atoms with Gasteiger partial charge in [0.05, 0.1) is 0 Å². The lowest BCUT2D eigenvalue weighted by molar-refractivity contribution is 0.442. The second-order valence-corrected chi connectivity index (χ2v) is 4.22. The van der Waals surface area contributed by atoms with Gasteiger partial charge in [-0.05, 0) is 29.7 Å². The van der Waals surface area contributed by atoms with E-state index in [0.717, 1.165) is 0 Å². The van der Waals surface area contributed by atoms with Crippen LogP contribution in [-0.4, -0.2) is 0 Å². The zero-order chi connectivity index (χ0) is 13.9. The molecule has 0 aliphatic heterocycles. The molecule has 0 amide bonds. The minimum absolute atomic E-state index is 0.0460. The molecule has 2 aromatic rings. The Morgan fingerprint density at radius 2 is 0.947 bits per heavy atom. The van der Waals surface area contributed by atoms with E-state index in [9.17, 15) is 26.3 Å². The first kappa shape index (κ1) is 12.1. The lowest BCUT2D eigenvalue weighted by Crippen LogP contribution is -1.99. The second kappa shape index (κ2) is 3.76. The Hall–Kier alpha value is -1.98. The van der Waals surface area contributed by atoms with E-state index < -0.39 is 46.0 Å². The number of rotatable bonds is 0. The molecule has 0 atom stereocenters. The molecule has 1 aliphatic carbocycles. The summed E-state index contributed by atoms with van der Waals surface area (Å²) in [6.07, 6.45) is -0.188. The average Bonchev–Trinajstić information content (AvgIpc) is 2.71. The van der Waals surface area contributed by atoms with Crippen molar-refractivity contribution in [2.75, 3.05) is 0 Å². The van der Waals surface area contributed by atoms with Gasteiger partial charge in [0.25, 0.3) is 0 Å². The molecule has 1 aliphatic rings. The van der Waals surface area contributed by atoms with Crippen molar-refractivity contribution in [3.63, 3.8) is 0 Å². The van der Waals surface area contributed by atoms with Gasteiger partial charge in [0.15, 0.2) is 34.9 Å². The van der Waals surface area contributed by atoms with Crippen molar-refractivity contribution >= 4 is 0 Å². The summed E-state index contributed by atoms with van der Waals surface area (Å²) in [5.74, 6) is -9.58. The largest absolute Gasteiger partial charge is 0.204 e. The Balaban J connectivity index is 2.40. The molecule has 0 heterocycles. The van der Waals surface area contributed by atoms with Crippen LogP contribution in [0.25, 0.3) is 11.1 Å². The van der Waals surface area contributed by atoms with Crippen molar-refractivity contribution < 1.29 is 26.3 Å². The van der Waals surface area contributed by atoms with E-state index in [2.05, 4.69) is 0 Å². The van der Waals surface area contributed by atoms with E-state index in [1.165, 1.54) is 0 Å². The van der Waals surface area contributed by atoms with Crippen molar-refractivity contribution in [2.45, 2.75) is 6.42 Å². The number of hydrogen-bond donors (Lipinski definition) is 0. The maximum atomic E-state index is 13.7. The minimum Gasteiger partial charge on any atom is -0.204 e. The molecular formula is C13H4F6. The second-order valence-electron chi connectivity index (χ2n) is 4.22. The SMILES string of the molecule is Fc1cc2c(c(F)c1F)-c1c(cc(F)c(F)c1F)C2. The number of halogens is 6. The molecule has 0 saturated carbocycles. The summed E-state index contributed by atoms with van der Waals surface area (Å²) < 4.78 is 79.7. The average molecular weight is 274 g/mol. The molecule has 3 rings (SSSR count). The Bertz CT molecular complexity index is 659. The normalized spacial score (nSPS) is 12.5. The van der Waals surface area contributed by atoms with Gasteiger partial charge in [-0.2, -0.15) is 0 Å². The summed E-state index contributed by atoms with van der Waals surface area (Å²) in [5.41, 5.74) is -1.19. The highest BCUT2D eigenvalue weighted by Crippen LogP contribution is 2.42. The third kappa shape index (κ3) is 1.49. The van der Waals surface area contributed by atoms with Gasteiger partial charge in [0.2, 0.25) is 0 Å². The van der Waals surface area contributed by atoms with Gasteiger partial charge in [-0.3, -0.25) is 0 Å². The van der Waals surface area contributed by atoms with Crippen LogP contribution in [0.1, 0.15) is 11.1 Å². The molecule has 19 heavy (non-hydrogen) atoms. The summed E-state index contributed by atoms with van der Waals surface area (Å²) in [6, 6.07) is 1.39. The highest BCUT2D eigenvalue weighted by atomic mass is 19.2. The predicted molar refractivity (Wildman–Crippen MR) is 54.4 cm³/mol. The van der Waals surface area contributed by atoms with Crippen LogP contribution in [-0.2, 0) is 6.42 Å². The van der Waals surface area contributed by atoms with Crippen LogP contribution < -0.4 is 0 Å². The van der Waals surface area contributed by atoms with Crippen LogP contribution in [0.3, 0.4) is 0 Å². The standard InChI is InChI=1S/C13H4F6/c14-6-2-4-1-5-3-7(15)11(17)13(19)9(5)8(4)12(18)10(6)16/h2-3H,1H2. The predicted octanol–water partition coefficient (Wildman–Crippen LogP) is 4.09. The van der Waals surface area contributed by atoms with Gasteiger partial charge in [-0.1, -0.05) is 0 Å². The van der Waals surface area contributed by atoms with Gasteiger partial charge in [0, 0.05) is 11.1 Å². The third-order valence-electron chi connectivity index (χ3n) is 3.12. The Labute approximate surface area is 103 Å². The molecule has 0 fully saturated rings. The fourth-order valence-corrected chi connectivity index (χ4v) is 2.31. The zero-order valence-electron chi connectivity index (χ0n) is 9.13. The molecule has 0 bridgehead atoms. The molecule has 0 aromatic heterocycles. The van der Waals surface area contributed by atoms with Crippen molar-refractivity contribution in [3.8, 4) is 11.1 Å². The first-order valence-electron chi connectivity index (χ1n) is 5.25. The zero-order valence-corrected chi connectivity index (χ0v) is 9.13. The van der Waals surface area contributed by atoms with Crippen molar-refractivity contribution in [1.82, 2.24) is 0 Å². The fourth-order valence-electron chi connectivity index (χ4n) is 2.31. The van der Waals surface area contributed by atoms with Gasteiger partial charge < -0.3 is 0 Å². The van der Waals surface area contributed by atoms with Crippen molar-refractivity contribution in [3.05, 3.63) is 58.2 Å². The van der Waals surface area contributed by atoms with Crippen molar-refractivity contribution in [1.29, 1.82) is 0 Å². The maximum Gasteiger partial charge on any atom is 0.195 e. The minimum atomic E-state index is -1.77. The molecule has 2 aromatic carbocycles.